The third kappa shape index (κ3) is 2.96. The average Bonchev–Trinajstić information content (AvgIpc) is 3.14. The molecule has 0 aromatic heterocycles. The smallest absolute Gasteiger partial charge is 0.257 e. The van der Waals surface area contributed by atoms with E-state index >= 15 is 0 Å². The van der Waals surface area contributed by atoms with Crippen molar-refractivity contribution >= 4 is 39.7 Å². The number of fused-ring (bicyclic) bond motifs is 1. The second-order valence-electron chi connectivity index (χ2n) is 6.88. The SMILES string of the molecule is O=C(NC(=S)Nc1ccc2c3c(cccc13)CC2)c1ccc2c(c1)OCCO2. The van der Waals surface area contributed by atoms with Crippen LogP contribution in [0.25, 0.3) is 10.8 Å². The number of aryl methyl sites for hydroxylation is 2. The summed E-state index contributed by atoms with van der Waals surface area (Å²) in [5, 5.41) is 8.61. The zero-order valence-corrected chi connectivity index (χ0v) is 15.9. The molecule has 0 fully saturated rings. The molecule has 1 amide bonds. The fourth-order valence-electron chi connectivity index (χ4n) is 3.87. The summed E-state index contributed by atoms with van der Waals surface area (Å²) in [6.07, 6.45) is 2.14. The first-order chi connectivity index (χ1) is 13.7. The zero-order chi connectivity index (χ0) is 19.1. The highest BCUT2D eigenvalue weighted by Gasteiger charge is 2.18. The van der Waals surface area contributed by atoms with Crippen molar-refractivity contribution in [3.63, 3.8) is 0 Å². The van der Waals surface area contributed by atoms with Gasteiger partial charge in [0.05, 0.1) is 0 Å². The maximum Gasteiger partial charge on any atom is 0.257 e. The third-order valence-electron chi connectivity index (χ3n) is 5.16. The van der Waals surface area contributed by atoms with Crippen LogP contribution in [0.5, 0.6) is 11.5 Å². The minimum atomic E-state index is -0.291. The van der Waals surface area contributed by atoms with Crippen LogP contribution in [0, 0.1) is 0 Å². The number of hydrogen-bond acceptors (Lipinski definition) is 4. The van der Waals surface area contributed by atoms with Crippen LogP contribution < -0.4 is 20.1 Å². The van der Waals surface area contributed by atoms with Crippen LogP contribution in [-0.2, 0) is 12.8 Å². The number of nitrogens with one attached hydrogen (secondary N) is 2. The first kappa shape index (κ1) is 17.0. The fraction of sp³-hybridized carbons (Fsp3) is 0.182. The molecule has 0 saturated heterocycles. The van der Waals surface area contributed by atoms with E-state index in [0.717, 1.165) is 23.9 Å². The second kappa shape index (κ2) is 6.80. The molecule has 140 valence electrons. The number of thiocarbonyl (C=S) groups is 1. The predicted octanol–water partition coefficient (Wildman–Crippen LogP) is 3.84. The highest BCUT2D eigenvalue weighted by atomic mass is 32.1. The molecule has 0 spiro atoms. The van der Waals surface area contributed by atoms with Crippen molar-refractivity contribution in [2.45, 2.75) is 12.8 Å². The number of anilines is 1. The van der Waals surface area contributed by atoms with Crippen LogP contribution in [0.4, 0.5) is 5.69 Å². The molecule has 2 aliphatic rings. The largest absolute Gasteiger partial charge is 0.486 e. The second-order valence-corrected chi connectivity index (χ2v) is 7.29. The van der Waals surface area contributed by atoms with Gasteiger partial charge in [-0.05, 0) is 65.8 Å². The Kier molecular flexibility index (Phi) is 4.13. The van der Waals surface area contributed by atoms with Gasteiger partial charge in [-0.25, -0.2) is 0 Å². The summed E-state index contributed by atoms with van der Waals surface area (Å²) in [5.74, 6) is 0.932. The Bertz CT molecular complexity index is 1120. The summed E-state index contributed by atoms with van der Waals surface area (Å²) < 4.78 is 11.0. The summed E-state index contributed by atoms with van der Waals surface area (Å²) in [7, 11) is 0. The molecule has 0 saturated carbocycles. The molecule has 1 heterocycles. The lowest BCUT2D eigenvalue weighted by Gasteiger charge is -2.19. The number of amides is 1. The molecule has 0 unspecified atom stereocenters. The molecule has 0 bridgehead atoms. The maximum atomic E-state index is 12.6. The number of benzene rings is 3. The molecule has 1 aliphatic heterocycles. The van der Waals surface area contributed by atoms with Crippen molar-refractivity contribution < 1.29 is 14.3 Å². The first-order valence-corrected chi connectivity index (χ1v) is 9.65. The summed E-state index contributed by atoms with van der Waals surface area (Å²) in [6, 6.07) is 15.6. The molecule has 1 aliphatic carbocycles. The Morgan fingerprint density at radius 2 is 1.71 bits per heavy atom. The molecular weight excluding hydrogens is 372 g/mol. The van der Waals surface area contributed by atoms with Crippen molar-refractivity contribution in [1.82, 2.24) is 5.32 Å². The molecule has 5 nitrogen and oxygen atoms in total. The van der Waals surface area contributed by atoms with Crippen LogP contribution in [0.1, 0.15) is 21.5 Å². The molecular formula is C22H18N2O3S. The summed E-state index contributed by atoms with van der Waals surface area (Å²) in [4.78, 5) is 12.6. The van der Waals surface area contributed by atoms with Gasteiger partial charge < -0.3 is 14.8 Å². The molecule has 5 rings (SSSR count). The van der Waals surface area contributed by atoms with Gasteiger partial charge in [0, 0.05) is 16.6 Å². The standard InChI is InChI=1S/C22H18N2O3S/c25-21(15-7-9-18-19(12-15)27-11-10-26-18)24-22(28)23-17-8-6-14-5-4-13-2-1-3-16(17)20(13)14/h1-3,6-9,12H,4-5,10-11H2,(H2,23,24,25,28). The normalized spacial score (nSPS) is 14.0. The van der Waals surface area contributed by atoms with E-state index in [0.29, 0.717) is 30.3 Å². The van der Waals surface area contributed by atoms with E-state index in [9.17, 15) is 4.79 Å². The molecule has 6 heteroatoms. The predicted molar refractivity (Wildman–Crippen MR) is 112 cm³/mol. The van der Waals surface area contributed by atoms with E-state index in [2.05, 4.69) is 34.9 Å². The molecule has 3 aromatic rings. The fourth-order valence-corrected chi connectivity index (χ4v) is 4.07. The topological polar surface area (TPSA) is 59.6 Å². The van der Waals surface area contributed by atoms with Crippen molar-refractivity contribution in [3.8, 4) is 11.5 Å². The lowest BCUT2D eigenvalue weighted by atomic mass is 10.0. The Morgan fingerprint density at radius 3 is 2.57 bits per heavy atom. The monoisotopic (exact) mass is 390 g/mol. The highest BCUT2D eigenvalue weighted by molar-refractivity contribution is 7.80. The van der Waals surface area contributed by atoms with Gasteiger partial charge in [-0.1, -0.05) is 24.3 Å². The molecule has 3 aromatic carbocycles. The van der Waals surface area contributed by atoms with Crippen LogP contribution in [-0.4, -0.2) is 24.2 Å². The van der Waals surface area contributed by atoms with E-state index in [1.54, 1.807) is 18.2 Å². The van der Waals surface area contributed by atoms with Crippen LogP contribution in [0.2, 0.25) is 0 Å². The highest BCUT2D eigenvalue weighted by Crippen LogP contribution is 2.35. The minimum Gasteiger partial charge on any atom is -0.486 e. The maximum absolute atomic E-state index is 12.6. The van der Waals surface area contributed by atoms with Gasteiger partial charge >= 0.3 is 0 Å². The van der Waals surface area contributed by atoms with Gasteiger partial charge in [0.25, 0.3) is 5.91 Å². The molecule has 28 heavy (non-hydrogen) atoms. The summed E-state index contributed by atoms with van der Waals surface area (Å²) in [5.41, 5.74) is 4.09. The Hall–Kier alpha value is -3.12. The lowest BCUT2D eigenvalue weighted by Crippen LogP contribution is -2.34. The van der Waals surface area contributed by atoms with Crippen LogP contribution in [0.15, 0.2) is 48.5 Å². The number of ether oxygens (including phenoxy) is 2. The van der Waals surface area contributed by atoms with Crippen molar-refractivity contribution in [1.29, 1.82) is 0 Å². The first-order valence-electron chi connectivity index (χ1n) is 9.24. The van der Waals surface area contributed by atoms with Gasteiger partial charge in [0.15, 0.2) is 16.6 Å². The van der Waals surface area contributed by atoms with E-state index in [1.165, 1.54) is 16.5 Å². The van der Waals surface area contributed by atoms with Crippen LogP contribution in [0.3, 0.4) is 0 Å². The van der Waals surface area contributed by atoms with Gasteiger partial charge in [-0.15, -0.1) is 0 Å². The molecule has 0 radical (unpaired) electrons. The number of carbonyl (C=O) groups excluding carboxylic acids is 1. The zero-order valence-electron chi connectivity index (χ0n) is 15.1. The van der Waals surface area contributed by atoms with E-state index < -0.39 is 0 Å². The van der Waals surface area contributed by atoms with Gasteiger partial charge in [0.1, 0.15) is 13.2 Å². The molecule has 2 N–H and O–H groups in total. The Labute approximate surface area is 167 Å². The average molecular weight is 390 g/mol. The summed E-state index contributed by atoms with van der Waals surface area (Å²) in [6.45, 7) is 0.990. The van der Waals surface area contributed by atoms with Gasteiger partial charge in [0.2, 0.25) is 0 Å². The third-order valence-corrected chi connectivity index (χ3v) is 5.36. The van der Waals surface area contributed by atoms with E-state index in [4.69, 9.17) is 21.7 Å². The number of hydrogen-bond donors (Lipinski definition) is 2. The number of carbonyl (C=O) groups is 1. The quantitative estimate of drug-likeness (QED) is 0.651. The van der Waals surface area contributed by atoms with Crippen molar-refractivity contribution in [2.75, 3.05) is 18.5 Å². The van der Waals surface area contributed by atoms with Crippen LogP contribution >= 0.6 is 12.2 Å². The van der Waals surface area contributed by atoms with Crippen molar-refractivity contribution in [2.24, 2.45) is 0 Å². The van der Waals surface area contributed by atoms with Gasteiger partial charge in [-0.2, -0.15) is 0 Å². The van der Waals surface area contributed by atoms with Crippen molar-refractivity contribution in [3.05, 3.63) is 65.2 Å². The summed E-state index contributed by atoms with van der Waals surface area (Å²) >= 11 is 5.38. The minimum absolute atomic E-state index is 0.263. The Balaban J connectivity index is 1.34. The van der Waals surface area contributed by atoms with Gasteiger partial charge in [-0.3, -0.25) is 10.1 Å². The number of rotatable bonds is 2. The van der Waals surface area contributed by atoms with E-state index in [-0.39, 0.29) is 11.0 Å². The van der Waals surface area contributed by atoms with E-state index in [1.807, 2.05) is 6.07 Å². The molecule has 0 atom stereocenters. The lowest BCUT2D eigenvalue weighted by molar-refractivity contribution is 0.0976. The Morgan fingerprint density at radius 1 is 0.929 bits per heavy atom.